The third-order valence-electron chi connectivity index (χ3n) is 3.87. The van der Waals surface area contributed by atoms with Gasteiger partial charge in [0.05, 0.1) is 19.1 Å². The molecule has 12 nitrogen and oxygen atoms in total. The number of nitrogens with zero attached hydrogens (tertiary/aromatic N) is 5. The first-order chi connectivity index (χ1) is 15.0. The number of aromatic amines is 2. The fraction of sp³-hybridized carbons (Fsp3) is 0.105. The molecule has 0 unspecified atom stereocenters. The highest BCUT2D eigenvalue weighted by molar-refractivity contribution is 6.02. The van der Waals surface area contributed by atoms with Crippen LogP contribution in [-0.2, 0) is 14.3 Å². The van der Waals surface area contributed by atoms with Crippen LogP contribution in [0.1, 0.15) is 18.2 Å². The summed E-state index contributed by atoms with van der Waals surface area (Å²) in [6, 6.07) is 9.28. The molecule has 3 rings (SSSR count). The highest BCUT2D eigenvalue weighted by Gasteiger charge is 2.22. The smallest absolute Gasteiger partial charge is 0.376 e. The number of hydrazone groups is 1. The number of amides is 1. The third-order valence-corrected chi connectivity index (χ3v) is 3.87. The number of esters is 1. The zero-order valence-corrected chi connectivity index (χ0v) is 16.2. The van der Waals surface area contributed by atoms with Crippen LogP contribution in [0.5, 0.6) is 0 Å². The summed E-state index contributed by atoms with van der Waals surface area (Å²) in [7, 11) is 0. The number of aliphatic hydroxyl groups is 1. The summed E-state index contributed by atoms with van der Waals surface area (Å²) >= 11 is 0. The molecule has 0 atom stereocenters. The summed E-state index contributed by atoms with van der Waals surface area (Å²) in [5.74, 6) is -3.40. The number of fused-ring (bicyclic) bond motifs is 1. The average molecular weight is 420 g/mol. The van der Waals surface area contributed by atoms with Gasteiger partial charge in [0.15, 0.2) is 5.69 Å². The van der Waals surface area contributed by atoms with Gasteiger partial charge in [0, 0.05) is 22.7 Å². The molecule has 4 N–H and O–H groups in total. The molecular formula is C19H16N8O4. The number of carbonyl (C=O) groups excluding carboxylic acids is 2. The van der Waals surface area contributed by atoms with E-state index in [0.717, 1.165) is 10.9 Å². The molecule has 0 bridgehead atoms. The molecule has 1 aromatic carbocycles. The summed E-state index contributed by atoms with van der Waals surface area (Å²) in [6.45, 7) is 1.49. The summed E-state index contributed by atoms with van der Waals surface area (Å²) in [6.07, 6.45) is 4.29. The molecule has 0 aliphatic rings. The van der Waals surface area contributed by atoms with E-state index in [1.54, 1.807) is 12.3 Å². The summed E-state index contributed by atoms with van der Waals surface area (Å²) in [5, 5.41) is 31.0. The van der Waals surface area contributed by atoms with Gasteiger partial charge in [0.2, 0.25) is 17.3 Å². The molecule has 156 valence electrons. The van der Waals surface area contributed by atoms with Gasteiger partial charge in [-0.1, -0.05) is 18.2 Å². The zero-order valence-electron chi connectivity index (χ0n) is 16.2. The Morgan fingerprint density at radius 2 is 2.16 bits per heavy atom. The van der Waals surface area contributed by atoms with Crippen LogP contribution in [0, 0.1) is 11.3 Å². The number of nitriles is 1. The highest BCUT2D eigenvalue weighted by atomic mass is 16.5. The van der Waals surface area contributed by atoms with E-state index in [-0.39, 0.29) is 18.1 Å². The molecule has 0 aliphatic heterocycles. The van der Waals surface area contributed by atoms with Gasteiger partial charge in [-0.15, -0.1) is 10.2 Å². The van der Waals surface area contributed by atoms with Gasteiger partial charge in [0.1, 0.15) is 6.07 Å². The molecule has 0 aliphatic carbocycles. The fourth-order valence-electron chi connectivity index (χ4n) is 2.45. The molecule has 12 heteroatoms. The first-order valence-corrected chi connectivity index (χ1v) is 8.90. The molecule has 0 fully saturated rings. The lowest BCUT2D eigenvalue weighted by atomic mass is 10.2. The number of nitrogens with one attached hydrogen (secondary N) is 3. The normalized spacial score (nSPS) is 12.1. The second kappa shape index (κ2) is 9.61. The van der Waals surface area contributed by atoms with Crippen LogP contribution in [0.4, 0.5) is 5.82 Å². The van der Waals surface area contributed by atoms with Crippen molar-refractivity contribution in [3.05, 3.63) is 59.5 Å². The van der Waals surface area contributed by atoms with Crippen LogP contribution in [-0.4, -0.2) is 44.8 Å². The van der Waals surface area contributed by atoms with E-state index in [4.69, 9.17) is 5.26 Å². The number of hydrogen-bond donors (Lipinski definition) is 4. The number of H-pyrrole nitrogens is 2. The van der Waals surface area contributed by atoms with Gasteiger partial charge in [0.25, 0.3) is 5.91 Å². The van der Waals surface area contributed by atoms with Crippen molar-refractivity contribution < 1.29 is 19.4 Å². The minimum absolute atomic E-state index is 0.0171. The molecule has 0 saturated heterocycles. The highest BCUT2D eigenvalue weighted by Crippen LogP contribution is 2.17. The van der Waals surface area contributed by atoms with Crippen molar-refractivity contribution in [3.8, 4) is 6.07 Å². The Hall–Kier alpha value is -4.79. The maximum Gasteiger partial charge on any atom is 0.376 e. The molecule has 1 amide bonds. The quantitative estimate of drug-likeness (QED) is 0.114. The van der Waals surface area contributed by atoms with E-state index < -0.39 is 23.3 Å². The second-order valence-electron chi connectivity index (χ2n) is 5.82. The lowest BCUT2D eigenvalue weighted by molar-refractivity contribution is -0.142. The predicted molar refractivity (Wildman–Crippen MR) is 108 cm³/mol. The zero-order chi connectivity index (χ0) is 22.2. The molecule has 31 heavy (non-hydrogen) atoms. The fourth-order valence-corrected chi connectivity index (χ4v) is 2.45. The maximum absolute atomic E-state index is 12.5. The Balaban J connectivity index is 1.84. The van der Waals surface area contributed by atoms with Crippen molar-refractivity contribution in [1.82, 2.24) is 20.4 Å². The Kier molecular flexibility index (Phi) is 6.49. The SMILES string of the molecule is CCOC(=O)C(O)=C(N=Nc1nc[nH]c1C#N)C(=O)NN=Cc1c[nH]c2ccccc12. The second-order valence-corrected chi connectivity index (χ2v) is 5.82. The average Bonchev–Trinajstić information content (AvgIpc) is 3.40. The minimum atomic E-state index is -1.17. The van der Waals surface area contributed by atoms with Gasteiger partial charge < -0.3 is 19.8 Å². The summed E-state index contributed by atoms with van der Waals surface area (Å²) in [5.41, 5.74) is 2.97. The van der Waals surface area contributed by atoms with Crippen LogP contribution < -0.4 is 5.43 Å². The first-order valence-electron chi connectivity index (χ1n) is 8.90. The van der Waals surface area contributed by atoms with E-state index in [2.05, 4.69) is 40.4 Å². The number of para-hydroxylation sites is 1. The number of ether oxygens (including phenoxy) is 1. The number of hydrogen-bond acceptors (Lipinski definition) is 9. The molecule has 2 aromatic heterocycles. The monoisotopic (exact) mass is 420 g/mol. The van der Waals surface area contributed by atoms with Gasteiger partial charge in [-0.25, -0.2) is 15.2 Å². The van der Waals surface area contributed by atoms with Gasteiger partial charge in [-0.3, -0.25) is 4.79 Å². The number of carbonyl (C=O) groups is 2. The number of rotatable bonds is 7. The third kappa shape index (κ3) is 4.80. The van der Waals surface area contributed by atoms with Crippen molar-refractivity contribution in [2.45, 2.75) is 6.92 Å². The van der Waals surface area contributed by atoms with E-state index in [1.165, 1.54) is 19.5 Å². The Morgan fingerprint density at radius 1 is 1.35 bits per heavy atom. The van der Waals surface area contributed by atoms with Crippen LogP contribution in [0.3, 0.4) is 0 Å². The predicted octanol–water partition coefficient (Wildman–Crippen LogP) is 2.33. The van der Waals surface area contributed by atoms with Crippen LogP contribution in [0.2, 0.25) is 0 Å². The summed E-state index contributed by atoms with van der Waals surface area (Å²) in [4.78, 5) is 33.7. The molecule has 3 aromatic rings. The van der Waals surface area contributed by atoms with Gasteiger partial charge in [-0.2, -0.15) is 10.4 Å². The Bertz CT molecular complexity index is 1250. The van der Waals surface area contributed by atoms with E-state index in [0.29, 0.717) is 5.56 Å². The molecule has 2 heterocycles. The Morgan fingerprint density at radius 3 is 2.94 bits per heavy atom. The minimum Gasteiger partial charge on any atom is -0.500 e. The summed E-state index contributed by atoms with van der Waals surface area (Å²) < 4.78 is 4.68. The van der Waals surface area contributed by atoms with Crippen LogP contribution in [0.25, 0.3) is 10.9 Å². The van der Waals surface area contributed by atoms with Crippen molar-refractivity contribution in [2.24, 2.45) is 15.3 Å². The van der Waals surface area contributed by atoms with E-state index >= 15 is 0 Å². The molecule has 0 radical (unpaired) electrons. The number of imidazole rings is 1. The molecular weight excluding hydrogens is 404 g/mol. The topological polar surface area (TPSA) is 181 Å². The van der Waals surface area contributed by atoms with Crippen molar-refractivity contribution in [3.63, 3.8) is 0 Å². The Labute approximate surface area is 175 Å². The van der Waals surface area contributed by atoms with Crippen molar-refractivity contribution in [1.29, 1.82) is 5.26 Å². The number of benzene rings is 1. The number of aromatic nitrogens is 3. The van der Waals surface area contributed by atoms with Crippen LogP contribution >= 0.6 is 0 Å². The van der Waals surface area contributed by atoms with Gasteiger partial charge in [-0.05, 0) is 13.0 Å². The molecule has 0 spiro atoms. The molecule has 0 saturated carbocycles. The number of azo groups is 1. The first kappa shape index (κ1) is 20.9. The van der Waals surface area contributed by atoms with Crippen molar-refractivity contribution >= 4 is 34.8 Å². The number of aliphatic hydroxyl groups excluding tert-OH is 1. The van der Waals surface area contributed by atoms with E-state index in [1.807, 2.05) is 24.3 Å². The van der Waals surface area contributed by atoms with E-state index in [9.17, 15) is 14.7 Å². The standard InChI is InChI=1S/C19H16N8O4/c1-2-31-19(30)16(28)15(25-26-17-14(7-20)22-10-23-17)18(29)27-24-9-11-8-21-13-6-4-3-5-12(11)13/h3-6,8-10,21,28H,2H2,1H3,(H,22,23)(H,27,29). The van der Waals surface area contributed by atoms with Gasteiger partial charge >= 0.3 is 5.97 Å². The lowest BCUT2D eigenvalue weighted by Crippen LogP contribution is -2.22. The maximum atomic E-state index is 12.5. The van der Waals surface area contributed by atoms with Crippen LogP contribution in [0.15, 0.2) is 63.6 Å². The van der Waals surface area contributed by atoms with Crippen molar-refractivity contribution in [2.75, 3.05) is 6.61 Å². The lowest BCUT2D eigenvalue weighted by Gasteiger charge is -2.04. The largest absolute Gasteiger partial charge is 0.500 e.